The molecule has 4 rings (SSSR count). The second-order valence-electron chi connectivity index (χ2n) is 6.49. The Morgan fingerprint density at radius 1 is 1.16 bits per heavy atom. The van der Waals surface area contributed by atoms with E-state index in [0.717, 1.165) is 46.2 Å². The molecule has 0 aromatic heterocycles. The van der Waals surface area contributed by atoms with Crippen LogP contribution in [-0.4, -0.2) is 20.9 Å². The van der Waals surface area contributed by atoms with Gasteiger partial charge in [-0.25, -0.2) is 8.42 Å². The second-order valence-corrected chi connectivity index (χ2v) is 9.02. The Labute approximate surface area is 155 Å². The summed E-state index contributed by atoms with van der Waals surface area (Å²) in [5.41, 5.74) is 4.16. The van der Waals surface area contributed by atoms with Crippen LogP contribution in [0, 0.1) is 6.92 Å². The van der Waals surface area contributed by atoms with Crippen LogP contribution in [0.3, 0.4) is 0 Å². The molecule has 0 bridgehead atoms. The normalized spacial score (nSPS) is 16.1. The molecular weight excluding hydrogens is 404 g/mol. The second kappa shape index (κ2) is 5.85. The fourth-order valence-electron chi connectivity index (χ4n) is 3.52. The number of halogens is 1. The van der Waals surface area contributed by atoms with Crippen molar-refractivity contribution in [1.82, 2.24) is 0 Å². The number of hydrogen-bond donors (Lipinski definition) is 1. The van der Waals surface area contributed by atoms with Crippen LogP contribution in [0.2, 0.25) is 0 Å². The number of aryl methyl sites for hydroxylation is 2. The number of rotatable bonds is 3. The molecule has 0 saturated heterocycles. The number of hydrogen-bond acceptors (Lipinski definition) is 3. The third-order valence-electron chi connectivity index (χ3n) is 4.70. The molecule has 25 heavy (non-hydrogen) atoms. The summed E-state index contributed by atoms with van der Waals surface area (Å²) >= 11 is 3.41. The van der Waals surface area contributed by atoms with Gasteiger partial charge in [-0.15, -0.1) is 0 Å². The average Bonchev–Trinajstić information content (AvgIpc) is 2.88. The highest BCUT2D eigenvalue weighted by molar-refractivity contribution is 9.10. The number of carbonyl (C=O) groups excluding carboxylic acids is 1. The van der Waals surface area contributed by atoms with Gasteiger partial charge in [-0.3, -0.25) is 9.52 Å². The van der Waals surface area contributed by atoms with Crippen molar-refractivity contribution in [2.75, 3.05) is 16.2 Å². The van der Waals surface area contributed by atoms with Crippen molar-refractivity contribution in [3.05, 3.63) is 51.5 Å². The number of nitrogens with one attached hydrogen (secondary N) is 1. The lowest BCUT2D eigenvalue weighted by molar-refractivity contribution is -0.117. The minimum atomic E-state index is -3.70. The van der Waals surface area contributed by atoms with Crippen LogP contribution >= 0.6 is 15.9 Å². The van der Waals surface area contributed by atoms with Crippen LogP contribution < -0.4 is 9.62 Å². The Balaban J connectivity index is 1.73. The zero-order valence-electron chi connectivity index (χ0n) is 13.7. The Bertz CT molecular complexity index is 1000. The topological polar surface area (TPSA) is 66.5 Å². The van der Waals surface area contributed by atoms with Gasteiger partial charge in [0.25, 0.3) is 10.0 Å². The Morgan fingerprint density at radius 2 is 1.92 bits per heavy atom. The highest BCUT2D eigenvalue weighted by atomic mass is 79.9. The van der Waals surface area contributed by atoms with E-state index in [-0.39, 0.29) is 17.2 Å². The van der Waals surface area contributed by atoms with Crippen molar-refractivity contribution in [2.24, 2.45) is 0 Å². The van der Waals surface area contributed by atoms with Crippen LogP contribution in [-0.2, 0) is 27.7 Å². The molecule has 2 heterocycles. The number of nitrogens with zero attached hydrogens (tertiary/aromatic N) is 1. The third-order valence-corrected chi connectivity index (χ3v) is 6.95. The first-order valence-electron chi connectivity index (χ1n) is 8.10. The van der Waals surface area contributed by atoms with Crippen LogP contribution in [0.25, 0.3) is 0 Å². The summed E-state index contributed by atoms with van der Waals surface area (Å²) in [5, 5.41) is 0. The monoisotopic (exact) mass is 420 g/mol. The Kier molecular flexibility index (Phi) is 3.88. The minimum absolute atomic E-state index is 0.0574. The lowest BCUT2D eigenvalue weighted by atomic mass is 10.0. The van der Waals surface area contributed by atoms with E-state index in [1.807, 2.05) is 13.0 Å². The highest BCUT2D eigenvalue weighted by Crippen LogP contribution is 2.38. The molecule has 0 spiro atoms. The van der Waals surface area contributed by atoms with Gasteiger partial charge in [-0.1, -0.05) is 15.9 Å². The summed E-state index contributed by atoms with van der Waals surface area (Å²) in [4.78, 5) is 14.1. The lowest BCUT2D eigenvalue weighted by Crippen LogP contribution is -2.31. The van der Waals surface area contributed by atoms with Crippen molar-refractivity contribution in [1.29, 1.82) is 0 Å². The lowest BCUT2D eigenvalue weighted by Gasteiger charge is -2.26. The molecule has 0 atom stereocenters. The van der Waals surface area contributed by atoms with Crippen molar-refractivity contribution in [2.45, 2.75) is 31.1 Å². The molecule has 0 unspecified atom stereocenters. The van der Waals surface area contributed by atoms with E-state index in [2.05, 4.69) is 20.7 Å². The van der Waals surface area contributed by atoms with Crippen LogP contribution in [0.5, 0.6) is 0 Å². The van der Waals surface area contributed by atoms with Crippen molar-refractivity contribution >= 4 is 43.2 Å². The quantitative estimate of drug-likeness (QED) is 0.827. The number of sulfonamides is 1. The van der Waals surface area contributed by atoms with Crippen LogP contribution in [0.1, 0.15) is 23.1 Å². The number of anilines is 2. The number of benzene rings is 2. The molecule has 2 aromatic rings. The summed E-state index contributed by atoms with van der Waals surface area (Å²) in [6.45, 7) is 2.63. The molecule has 2 aromatic carbocycles. The van der Waals surface area contributed by atoms with E-state index in [9.17, 15) is 13.2 Å². The molecule has 2 aliphatic rings. The molecule has 1 amide bonds. The summed E-state index contributed by atoms with van der Waals surface area (Å²) < 4.78 is 29.2. The molecule has 5 nitrogen and oxygen atoms in total. The molecule has 0 saturated carbocycles. The van der Waals surface area contributed by atoms with E-state index in [1.165, 1.54) is 0 Å². The third kappa shape index (κ3) is 2.85. The molecule has 1 N–H and O–H groups in total. The molecule has 0 radical (unpaired) electrons. The van der Waals surface area contributed by atoms with Gasteiger partial charge in [0, 0.05) is 16.7 Å². The largest absolute Gasteiger partial charge is 0.312 e. The molecule has 0 fully saturated rings. The van der Waals surface area contributed by atoms with E-state index in [1.54, 1.807) is 29.2 Å². The van der Waals surface area contributed by atoms with Crippen molar-refractivity contribution in [3.63, 3.8) is 0 Å². The fourth-order valence-corrected chi connectivity index (χ4v) is 4.92. The Morgan fingerprint density at radius 3 is 2.68 bits per heavy atom. The first kappa shape index (κ1) is 16.6. The van der Waals surface area contributed by atoms with E-state index in [4.69, 9.17) is 0 Å². The van der Waals surface area contributed by atoms with E-state index < -0.39 is 10.0 Å². The van der Waals surface area contributed by atoms with Crippen LogP contribution in [0.15, 0.2) is 39.7 Å². The minimum Gasteiger partial charge on any atom is -0.312 e. The molecule has 7 heteroatoms. The van der Waals surface area contributed by atoms with Gasteiger partial charge in [0.2, 0.25) is 5.91 Å². The average molecular weight is 421 g/mol. The molecule has 2 aliphatic heterocycles. The van der Waals surface area contributed by atoms with Gasteiger partial charge in [0.1, 0.15) is 0 Å². The summed E-state index contributed by atoms with van der Waals surface area (Å²) in [7, 11) is -3.70. The first-order chi connectivity index (χ1) is 11.8. The zero-order valence-corrected chi connectivity index (χ0v) is 16.1. The maximum absolute atomic E-state index is 12.8. The predicted octanol–water partition coefficient (Wildman–Crippen LogP) is 3.39. The van der Waals surface area contributed by atoms with E-state index >= 15 is 0 Å². The number of carbonyl (C=O) groups is 1. The fraction of sp³-hybridized carbons (Fsp3) is 0.278. The maximum Gasteiger partial charge on any atom is 0.261 e. The van der Waals surface area contributed by atoms with E-state index in [0.29, 0.717) is 5.69 Å². The molecule has 130 valence electrons. The van der Waals surface area contributed by atoms with Gasteiger partial charge in [0.05, 0.1) is 17.0 Å². The van der Waals surface area contributed by atoms with Crippen LogP contribution in [0.4, 0.5) is 11.4 Å². The number of amides is 1. The van der Waals surface area contributed by atoms with Crippen molar-refractivity contribution in [3.8, 4) is 0 Å². The summed E-state index contributed by atoms with van der Waals surface area (Å²) in [6, 6.07) is 8.66. The van der Waals surface area contributed by atoms with Gasteiger partial charge < -0.3 is 4.90 Å². The molecular formula is C18H17BrN2O3S. The van der Waals surface area contributed by atoms with Crippen molar-refractivity contribution < 1.29 is 13.2 Å². The SMILES string of the molecule is Cc1cc(NS(=O)(=O)c2cc3c4c(c2)CC(=O)N4CCC3)ccc1Br. The van der Waals surface area contributed by atoms with Gasteiger partial charge >= 0.3 is 0 Å². The van der Waals surface area contributed by atoms with Gasteiger partial charge in [-0.05, 0) is 66.8 Å². The first-order valence-corrected chi connectivity index (χ1v) is 10.4. The summed E-state index contributed by atoms with van der Waals surface area (Å²) in [6.07, 6.45) is 1.94. The zero-order chi connectivity index (χ0) is 17.8. The predicted molar refractivity (Wildman–Crippen MR) is 101 cm³/mol. The highest BCUT2D eigenvalue weighted by Gasteiger charge is 2.33. The standard InChI is InChI=1S/C18H17BrN2O3S/c1-11-7-14(4-5-16(11)19)20-25(23,24)15-8-12-3-2-6-21-17(22)10-13(9-15)18(12)21/h4-5,7-9,20H,2-3,6,10H2,1H3. The molecule has 0 aliphatic carbocycles. The van der Waals surface area contributed by atoms with Gasteiger partial charge in [-0.2, -0.15) is 0 Å². The smallest absolute Gasteiger partial charge is 0.261 e. The Hall–Kier alpha value is -1.86. The maximum atomic E-state index is 12.8. The summed E-state index contributed by atoms with van der Waals surface area (Å²) in [5.74, 6) is 0.0574. The van der Waals surface area contributed by atoms with Gasteiger partial charge in [0.15, 0.2) is 0 Å².